The van der Waals surface area contributed by atoms with Crippen molar-refractivity contribution in [1.82, 2.24) is 30.2 Å². The summed E-state index contributed by atoms with van der Waals surface area (Å²) in [6.07, 6.45) is 7.47. The normalized spacial score (nSPS) is 24.8. The van der Waals surface area contributed by atoms with Crippen LogP contribution in [0.3, 0.4) is 0 Å². The molecule has 4 atom stereocenters. The van der Waals surface area contributed by atoms with Crippen LogP contribution in [0.1, 0.15) is 18.4 Å². The molecule has 0 radical (unpaired) electrons. The van der Waals surface area contributed by atoms with E-state index in [1.165, 1.54) is 12.1 Å². The van der Waals surface area contributed by atoms with Gasteiger partial charge in [0.1, 0.15) is 11.5 Å². The van der Waals surface area contributed by atoms with E-state index in [-0.39, 0.29) is 17.6 Å². The van der Waals surface area contributed by atoms with E-state index in [1.54, 1.807) is 24.5 Å². The fourth-order valence-corrected chi connectivity index (χ4v) is 4.80. The van der Waals surface area contributed by atoms with E-state index in [9.17, 15) is 9.18 Å². The third kappa shape index (κ3) is 4.34. The van der Waals surface area contributed by atoms with Crippen LogP contribution in [0.4, 0.5) is 4.39 Å². The summed E-state index contributed by atoms with van der Waals surface area (Å²) in [6, 6.07) is 10.5. The third-order valence-corrected chi connectivity index (χ3v) is 6.48. The number of aromatic nitrogens is 4. The summed E-state index contributed by atoms with van der Waals surface area (Å²) in [4.78, 5) is 19.3. The number of amides is 1. The Balaban J connectivity index is 1.18. The molecule has 4 unspecified atom stereocenters. The molecule has 6 rings (SSSR count). The summed E-state index contributed by atoms with van der Waals surface area (Å²) in [5.41, 5.74) is 2.60. The maximum Gasteiger partial charge on any atom is 0.224 e. The molecule has 0 aliphatic carbocycles. The van der Waals surface area contributed by atoms with E-state index >= 15 is 0 Å². The molecule has 0 spiro atoms. The highest BCUT2D eigenvalue weighted by molar-refractivity contribution is 5.79. The molecule has 3 aliphatic heterocycles. The van der Waals surface area contributed by atoms with Crippen LogP contribution in [0.5, 0.6) is 0 Å². The first-order valence-electron chi connectivity index (χ1n) is 10.7. The number of hydrogen-bond acceptors (Lipinski definition) is 5. The van der Waals surface area contributed by atoms with Gasteiger partial charge in [-0.3, -0.25) is 19.4 Å². The molecule has 0 saturated carbocycles. The fourth-order valence-electron chi connectivity index (χ4n) is 4.80. The minimum Gasteiger partial charge on any atom is -0.352 e. The van der Waals surface area contributed by atoms with Crippen LogP contribution >= 0.6 is 0 Å². The van der Waals surface area contributed by atoms with Crippen molar-refractivity contribution in [2.24, 2.45) is 11.8 Å². The number of nitrogens with zero attached hydrogens (tertiary/aromatic N) is 5. The van der Waals surface area contributed by atoms with Gasteiger partial charge < -0.3 is 5.32 Å². The molecule has 1 N–H and O–H groups in total. The molecule has 160 valence electrons. The lowest BCUT2D eigenvalue weighted by molar-refractivity contribution is -0.133. The van der Waals surface area contributed by atoms with Gasteiger partial charge in [0, 0.05) is 37.1 Å². The lowest BCUT2D eigenvalue weighted by Crippen LogP contribution is -2.58. The van der Waals surface area contributed by atoms with Crippen LogP contribution in [0.25, 0.3) is 11.3 Å². The molecule has 2 bridgehead atoms. The van der Waals surface area contributed by atoms with Crippen molar-refractivity contribution in [3.63, 3.8) is 0 Å². The van der Waals surface area contributed by atoms with Gasteiger partial charge in [0.15, 0.2) is 0 Å². The first-order chi connectivity index (χ1) is 15.2. The third-order valence-electron chi connectivity index (χ3n) is 6.48. The van der Waals surface area contributed by atoms with Gasteiger partial charge in [-0.05, 0) is 61.2 Å². The fraction of sp³-hybridized carbons (Fsp3) is 0.391. The Bertz CT molecular complexity index is 1040. The maximum absolute atomic E-state index is 13.1. The monoisotopic (exact) mass is 420 g/mol. The van der Waals surface area contributed by atoms with Crippen molar-refractivity contribution < 1.29 is 9.18 Å². The molecule has 31 heavy (non-hydrogen) atoms. The predicted octanol–water partition coefficient (Wildman–Crippen LogP) is 2.51. The van der Waals surface area contributed by atoms with E-state index in [2.05, 4.69) is 25.5 Å². The molecular weight excluding hydrogens is 395 g/mol. The molecule has 1 aromatic carbocycles. The second-order valence-corrected chi connectivity index (χ2v) is 8.45. The van der Waals surface area contributed by atoms with E-state index < -0.39 is 0 Å². The number of fused-ring (bicyclic) bond motifs is 3. The zero-order chi connectivity index (χ0) is 21.2. The highest BCUT2D eigenvalue weighted by Gasteiger charge is 2.43. The van der Waals surface area contributed by atoms with Gasteiger partial charge in [-0.15, -0.1) is 5.10 Å². The van der Waals surface area contributed by atoms with Crippen molar-refractivity contribution in [3.05, 3.63) is 66.4 Å². The van der Waals surface area contributed by atoms with E-state index in [1.807, 2.05) is 23.0 Å². The highest BCUT2D eigenvalue weighted by Crippen LogP contribution is 2.37. The Labute approximate surface area is 180 Å². The van der Waals surface area contributed by atoms with Gasteiger partial charge >= 0.3 is 0 Å². The number of halogens is 1. The second kappa shape index (κ2) is 8.55. The average molecular weight is 420 g/mol. The number of piperidine rings is 3. The molecular formula is C23H25FN6O. The van der Waals surface area contributed by atoms with Crippen molar-refractivity contribution in [2.75, 3.05) is 13.1 Å². The smallest absolute Gasteiger partial charge is 0.224 e. The first-order valence-corrected chi connectivity index (χ1v) is 10.7. The molecule has 3 saturated heterocycles. The zero-order valence-corrected chi connectivity index (χ0v) is 17.2. The Kier molecular flexibility index (Phi) is 5.46. The predicted molar refractivity (Wildman–Crippen MR) is 113 cm³/mol. The van der Waals surface area contributed by atoms with E-state index in [0.717, 1.165) is 49.3 Å². The molecule has 3 aliphatic rings. The van der Waals surface area contributed by atoms with E-state index in [4.69, 9.17) is 0 Å². The number of nitrogens with one attached hydrogen (secondary N) is 1. The van der Waals surface area contributed by atoms with Gasteiger partial charge in [-0.1, -0.05) is 11.3 Å². The van der Waals surface area contributed by atoms with Gasteiger partial charge in [0.2, 0.25) is 5.91 Å². The van der Waals surface area contributed by atoms with Crippen LogP contribution in [0.2, 0.25) is 0 Å². The molecule has 5 heterocycles. The van der Waals surface area contributed by atoms with Crippen LogP contribution in [-0.2, 0) is 17.9 Å². The van der Waals surface area contributed by atoms with Crippen LogP contribution in [-0.4, -0.2) is 49.9 Å². The number of carbonyl (C=O) groups excluding carboxylic acids is 1. The molecule has 3 fully saturated rings. The number of hydrogen-bond donors (Lipinski definition) is 1. The average Bonchev–Trinajstić information content (AvgIpc) is 3.27. The largest absolute Gasteiger partial charge is 0.352 e. The minimum absolute atomic E-state index is 0.0344. The molecule has 7 nitrogen and oxygen atoms in total. The summed E-state index contributed by atoms with van der Waals surface area (Å²) >= 11 is 0. The zero-order valence-electron chi connectivity index (χ0n) is 17.2. The Hall–Kier alpha value is -3.13. The van der Waals surface area contributed by atoms with Gasteiger partial charge in [0.05, 0.1) is 18.7 Å². The van der Waals surface area contributed by atoms with Gasteiger partial charge in [-0.2, -0.15) is 0 Å². The highest BCUT2D eigenvalue weighted by atomic mass is 19.1. The number of benzene rings is 1. The van der Waals surface area contributed by atoms with E-state index in [0.29, 0.717) is 18.5 Å². The van der Waals surface area contributed by atoms with Gasteiger partial charge in [-0.25, -0.2) is 4.39 Å². The quantitative estimate of drug-likeness (QED) is 0.663. The Morgan fingerprint density at radius 3 is 2.84 bits per heavy atom. The number of pyridine rings is 1. The minimum atomic E-state index is -0.263. The molecule has 1 amide bonds. The van der Waals surface area contributed by atoms with Crippen LogP contribution in [0, 0.1) is 17.7 Å². The standard InChI is InChI=1S/C23H25FN6O/c24-19-5-3-17(4-6-19)22-15-30(28-27-22)13-20-10-18-7-9-29(20)14-21(18)23(31)26-12-16-2-1-8-25-11-16/h1-6,8,11,15,18,20-21H,7,9-10,12-14H2,(H,26,31). The summed E-state index contributed by atoms with van der Waals surface area (Å²) in [5, 5.41) is 11.6. The SMILES string of the molecule is O=C(NCc1cccnc1)C1CN2CCC1CC2Cn1cc(-c2ccc(F)cc2)nn1. The Morgan fingerprint density at radius 2 is 2.10 bits per heavy atom. The van der Waals surface area contributed by atoms with Crippen LogP contribution < -0.4 is 5.32 Å². The Morgan fingerprint density at radius 1 is 1.23 bits per heavy atom. The summed E-state index contributed by atoms with van der Waals surface area (Å²) in [7, 11) is 0. The number of rotatable bonds is 6. The summed E-state index contributed by atoms with van der Waals surface area (Å²) in [6.45, 7) is 3.06. The lowest BCUT2D eigenvalue weighted by atomic mass is 9.75. The summed E-state index contributed by atoms with van der Waals surface area (Å²) < 4.78 is 15.0. The lowest BCUT2D eigenvalue weighted by Gasteiger charge is -2.49. The second-order valence-electron chi connectivity index (χ2n) is 8.45. The maximum atomic E-state index is 13.1. The first kappa shape index (κ1) is 19.8. The van der Waals surface area contributed by atoms with Gasteiger partial charge in [0.25, 0.3) is 0 Å². The van der Waals surface area contributed by atoms with Crippen molar-refractivity contribution in [1.29, 1.82) is 0 Å². The topological polar surface area (TPSA) is 75.9 Å². The summed E-state index contributed by atoms with van der Waals surface area (Å²) in [5.74, 6) is 0.300. The van der Waals surface area contributed by atoms with Crippen molar-refractivity contribution in [2.45, 2.75) is 32.0 Å². The van der Waals surface area contributed by atoms with Crippen LogP contribution in [0.15, 0.2) is 55.0 Å². The van der Waals surface area contributed by atoms with Crippen molar-refractivity contribution in [3.8, 4) is 11.3 Å². The molecule has 3 aromatic rings. The molecule has 8 heteroatoms. The van der Waals surface area contributed by atoms with Crippen molar-refractivity contribution >= 4 is 5.91 Å². The molecule has 2 aromatic heterocycles. The number of carbonyl (C=O) groups is 1.